The Balaban J connectivity index is 1.17. The monoisotopic (exact) mass is 435 g/mol. The number of anilines is 1. The third-order valence-corrected chi connectivity index (χ3v) is 6.01. The lowest BCUT2D eigenvalue weighted by Gasteiger charge is -2.37. The van der Waals surface area contributed by atoms with Crippen LogP contribution in [0, 0.1) is 5.92 Å². The van der Waals surface area contributed by atoms with Gasteiger partial charge in [0.1, 0.15) is 23.1 Å². The zero-order valence-electron chi connectivity index (χ0n) is 18.5. The van der Waals surface area contributed by atoms with Crippen LogP contribution in [0.4, 0.5) is 6.01 Å². The van der Waals surface area contributed by atoms with Crippen molar-refractivity contribution in [3.63, 3.8) is 0 Å². The Kier molecular flexibility index (Phi) is 5.64. The van der Waals surface area contributed by atoms with E-state index in [9.17, 15) is 4.79 Å². The predicted octanol–water partition coefficient (Wildman–Crippen LogP) is 4.47. The lowest BCUT2D eigenvalue weighted by Crippen LogP contribution is -2.54. The highest BCUT2D eigenvalue weighted by atomic mass is 16.5. The second kappa shape index (κ2) is 8.73. The van der Waals surface area contributed by atoms with Crippen LogP contribution < -0.4 is 19.7 Å². The van der Waals surface area contributed by atoms with Gasteiger partial charge in [0.25, 0.3) is 6.01 Å². The van der Waals surface area contributed by atoms with Crippen LogP contribution in [0.25, 0.3) is 11.1 Å². The topological polar surface area (TPSA) is 76.8 Å². The van der Waals surface area contributed by atoms with Gasteiger partial charge in [0.2, 0.25) is 5.91 Å². The van der Waals surface area contributed by atoms with Gasteiger partial charge in [-0.3, -0.25) is 4.79 Å². The average molecular weight is 436 g/mol. The number of hydrogen-bond donors (Lipinski definition) is 1. The smallest absolute Gasteiger partial charge is 0.298 e. The van der Waals surface area contributed by atoms with Crippen molar-refractivity contribution >= 4 is 23.0 Å². The maximum atomic E-state index is 11.7. The van der Waals surface area contributed by atoms with Crippen molar-refractivity contribution in [1.82, 2.24) is 10.3 Å². The van der Waals surface area contributed by atoms with Crippen LogP contribution >= 0.6 is 0 Å². The molecular weight excluding hydrogens is 406 g/mol. The molecule has 1 N–H and O–H groups in total. The number of hydrogen-bond acceptors (Lipinski definition) is 6. The van der Waals surface area contributed by atoms with E-state index in [0.29, 0.717) is 12.4 Å². The Bertz CT molecular complexity index is 1100. The number of nitrogens with one attached hydrogen (secondary N) is 1. The molecule has 7 heteroatoms. The minimum atomic E-state index is -0.0776. The Hall–Kier alpha value is -3.22. The van der Waals surface area contributed by atoms with E-state index in [0.717, 1.165) is 53.8 Å². The fourth-order valence-corrected chi connectivity index (χ4v) is 3.76. The maximum absolute atomic E-state index is 11.7. The second-order valence-corrected chi connectivity index (χ2v) is 8.74. The largest absolute Gasteiger partial charge is 0.493 e. The summed E-state index contributed by atoms with van der Waals surface area (Å²) in [6.45, 7) is 6.04. The van der Waals surface area contributed by atoms with Crippen molar-refractivity contribution < 1.29 is 18.7 Å². The first-order valence-electron chi connectivity index (χ1n) is 11.4. The molecule has 5 rings (SSSR count). The van der Waals surface area contributed by atoms with Crippen molar-refractivity contribution in [3.05, 3.63) is 48.0 Å². The van der Waals surface area contributed by atoms with E-state index in [4.69, 9.17) is 13.9 Å². The third-order valence-electron chi connectivity index (χ3n) is 6.01. The molecule has 1 aliphatic carbocycles. The summed E-state index contributed by atoms with van der Waals surface area (Å²) in [6, 6.07) is 14.3. The van der Waals surface area contributed by atoms with Gasteiger partial charge in [0.05, 0.1) is 25.7 Å². The van der Waals surface area contributed by atoms with Gasteiger partial charge in [-0.15, -0.1) is 0 Å². The number of oxazole rings is 1. The summed E-state index contributed by atoms with van der Waals surface area (Å²) < 4.78 is 17.9. The first-order valence-corrected chi connectivity index (χ1v) is 11.4. The van der Waals surface area contributed by atoms with Gasteiger partial charge in [-0.25, -0.2) is 0 Å². The van der Waals surface area contributed by atoms with Gasteiger partial charge in [-0.1, -0.05) is 19.1 Å². The molecule has 2 aliphatic rings. The Labute approximate surface area is 187 Å². The zero-order chi connectivity index (χ0) is 22.1. The van der Waals surface area contributed by atoms with E-state index in [1.165, 1.54) is 12.8 Å². The molecule has 1 aliphatic heterocycles. The molecule has 1 saturated heterocycles. The number of carbonyl (C=O) groups excluding carboxylic acids is 1. The standard InChI is InChI=1S/C25H29N3O4/c1-3-24(29)26-16(2)18-9-10-22-23(11-18)32-25(27-22)28-13-21(14-28)31-20-6-4-5-19(12-20)30-15-17-7-8-17/h4-6,9-12,16-17,21H,3,7-8,13-15H2,1-2H3,(H,26,29). The summed E-state index contributed by atoms with van der Waals surface area (Å²) >= 11 is 0. The SMILES string of the molecule is CCC(=O)NC(C)c1ccc2nc(N3CC(Oc4cccc(OCC5CC5)c4)C3)oc2c1. The number of rotatable bonds is 9. The fourth-order valence-electron chi connectivity index (χ4n) is 3.76. The van der Waals surface area contributed by atoms with Crippen LogP contribution in [0.15, 0.2) is 46.9 Å². The molecule has 0 spiro atoms. The van der Waals surface area contributed by atoms with E-state index in [1.807, 2.05) is 56.3 Å². The van der Waals surface area contributed by atoms with E-state index in [-0.39, 0.29) is 18.1 Å². The lowest BCUT2D eigenvalue weighted by atomic mass is 10.1. The van der Waals surface area contributed by atoms with E-state index >= 15 is 0 Å². The van der Waals surface area contributed by atoms with Gasteiger partial charge >= 0.3 is 0 Å². The molecule has 1 saturated carbocycles. The highest BCUT2D eigenvalue weighted by Crippen LogP contribution is 2.32. The molecule has 0 radical (unpaired) electrons. The third kappa shape index (κ3) is 4.66. The predicted molar refractivity (Wildman–Crippen MR) is 122 cm³/mol. The summed E-state index contributed by atoms with van der Waals surface area (Å²) in [5.74, 6) is 2.45. The number of amides is 1. The highest BCUT2D eigenvalue weighted by Gasteiger charge is 2.32. The summed E-state index contributed by atoms with van der Waals surface area (Å²) in [4.78, 5) is 18.3. The summed E-state index contributed by atoms with van der Waals surface area (Å²) in [7, 11) is 0. The first kappa shape index (κ1) is 20.7. The van der Waals surface area contributed by atoms with Gasteiger partial charge in [0.15, 0.2) is 5.58 Å². The molecule has 1 amide bonds. The molecule has 32 heavy (non-hydrogen) atoms. The molecule has 2 fully saturated rings. The van der Waals surface area contributed by atoms with Crippen molar-refractivity contribution in [1.29, 1.82) is 0 Å². The van der Waals surface area contributed by atoms with Crippen LogP contribution in [-0.4, -0.2) is 36.7 Å². The molecule has 1 atom stereocenters. The molecule has 1 unspecified atom stereocenters. The van der Waals surface area contributed by atoms with Gasteiger partial charge < -0.3 is 24.1 Å². The minimum Gasteiger partial charge on any atom is -0.493 e. The van der Waals surface area contributed by atoms with Gasteiger partial charge in [0, 0.05) is 12.5 Å². The minimum absolute atomic E-state index is 0.0301. The van der Waals surface area contributed by atoms with Gasteiger partial charge in [-0.05, 0) is 55.5 Å². The maximum Gasteiger partial charge on any atom is 0.298 e. The summed E-state index contributed by atoms with van der Waals surface area (Å²) in [5.41, 5.74) is 2.53. The molecule has 2 aromatic carbocycles. The number of ether oxygens (including phenoxy) is 2. The Morgan fingerprint density at radius 1 is 1.22 bits per heavy atom. The summed E-state index contributed by atoms with van der Waals surface area (Å²) in [5, 5.41) is 2.97. The van der Waals surface area contributed by atoms with Crippen molar-refractivity contribution in [3.8, 4) is 11.5 Å². The molecular formula is C25H29N3O4. The van der Waals surface area contributed by atoms with Crippen LogP contribution in [0.3, 0.4) is 0 Å². The van der Waals surface area contributed by atoms with Crippen molar-refractivity contribution in [2.75, 3.05) is 24.6 Å². The number of carbonyl (C=O) groups is 1. The number of benzene rings is 2. The molecule has 168 valence electrons. The Morgan fingerprint density at radius 3 is 2.81 bits per heavy atom. The number of aromatic nitrogens is 1. The molecule has 2 heterocycles. The average Bonchev–Trinajstić information content (AvgIpc) is 3.51. The number of fused-ring (bicyclic) bond motifs is 1. The lowest BCUT2D eigenvalue weighted by molar-refractivity contribution is -0.121. The van der Waals surface area contributed by atoms with E-state index in [1.54, 1.807) is 0 Å². The van der Waals surface area contributed by atoms with Crippen LogP contribution in [0.1, 0.15) is 44.7 Å². The number of nitrogens with zero attached hydrogens (tertiary/aromatic N) is 2. The zero-order valence-corrected chi connectivity index (χ0v) is 18.5. The fraction of sp³-hybridized carbons (Fsp3) is 0.440. The van der Waals surface area contributed by atoms with Crippen LogP contribution in [0.2, 0.25) is 0 Å². The van der Waals surface area contributed by atoms with Crippen LogP contribution in [-0.2, 0) is 4.79 Å². The van der Waals surface area contributed by atoms with Crippen molar-refractivity contribution in [2.24, 2.45) is 5.92 Å². The van der Waals surface area contributed by atoms with Crippen LogP contribution in [0.5, 0.6) is 11.5 Å². The van der Waals surface area contributed by atoms with Gasteiger partial charge in [-0.2, -0.15) is 4.98 Å². The van der Waals surface area contributed by atoms with E-state index in [2.05, 4.69) is 15.2 Å². The molecule has 3 aromatic rings. The molecule has 0 bridgehead atoms. The summed E-state index contributed by atoms with van der Waals surface area (Å²) in [6.07, 6.45) is 3.11. The normalized spacial score (nSPS) is 17.1. The second-order valence-electron chi connectivity index (χ2n) is 8.74. The molecule has 7 nitrogen and oxygen atoms in total. The Morgan fingerprint density at radius 2 is 2.03 bits per heavy atom. The van der Waals surface area contributed by atoms with E-state index < -0.39 is 0 Å². The quantitative estimate of drug-likeness (QED) is 0.534. The first-order chi connectivity index (χ1) is 15.6. The highest BCUT2D eigenvalue weighted by molar-refractivity contribution is 5.78. The van der Waals surface area contributed by atoms with Crippen molar-refractivity contribution in [2.45, 2.75) is 45.3 Å². The molecule has 1 aromatic heterocycles.